The first-order valence-electron chi connectivity index (χ1n) is 7.79. The molecule has 0 amide bonds. The highest BCUT2D eigenvalue weighted by molar-refractivity contribution is 6.42. The first-order valence-corrected chi connectivity index (χ1v) is 8.55. The molecule has 1 fully saturated rings. The summed E-state index contributed by atoms with van der Waals surface area (Å²) < 4.78 is 13.9. The van der Waals surface area contributed by atoms with Gasteiger partial charge in [-0.05, 0) is 42.2 Å². The van der Waals surface area contributed by atoms with Gasteiger partial charge < -0.3 is 10.6 Å². The van der Waals surface area contributed by atoms with Gasteiger partial charge in [-0.1, -0.05) is 47.5 Å². The van der Waals surface area contributed by atoms with Crippen molar-refractivity contribution in [3.8, 4) is 0 Å². The molecule has 2 N–H and O–H groups in total. The lowest BCUT2D eigenvalue weighted by Crippen LogP contribution is -2.25. The van der Waals surface area contributed by atoms with Crippen LogP contribution in [0.1, 0.15) is 22.7 Å². The van der Waals surface area contributed by atoms with E-state index in [1.54, 1.807) is 19.1 Å². The Morgan fingerprint density at radius 1 is 1.12 bits per heavy atom. The highest BCUT2D eigenvalue weighted by Crippen LogP contribution is 2.34. The zero-order valence-electron chi connectivity index (χ0n) is 13.2. The van der Waals surface area contributed by atoms with Crippen molar-refractivity contribution in [1.29, 1.82) is 0 Å². The average Bonchev–Trinajstić information content (AvgIpc) is 3.07. The van der Waals surface area contributed by atoms with E-state index in [-0.39, 0.29) is 11.9 Å². The van der Waals surface area contributed by atoms with E-state index in [2.05, 4.69) is 10.6 Å². The number of guanidine groups is 1. The van der Waals surface area contributed by atoms with Crippen LogP contribution >= 0.6 is 23.2 Å². The Morgan fingerprint density at radius 2 is 1.83 bits per heavy atom. The van der Waals surface area contributed by atoms with Gasteiger partial charge in [-0.15, -0.1) is 0 Å². The summed E-state index contributed by atoms with van der Waals surface area (Å²) in [5.41, 5.74) is 2.36. The lowest BCUT2D eigenvalue weighted by molar-refractivity contribution is 0.611. The molecule has 0 aromatic heterocycles. The van der Waals surface area contributed by atoms with Gasteiger partial charge in [0, 0.05) is 13.1 Å². The van der Waals surface area contributed by atoms with Crippen LogP contribution in [0.5, 0.6) is 0 Å². The van der Waals surface area contributed by atoms with Crippen molar-refractivity contribution in [3.05, 3.63) is 69.0 Å². The van der Waals surface area contributed by atoms with Crippen LogP contribution in [0, 0.1) is 12.7 Å². The molecule has 3 rings (SSSR count). The molecule has 1 unspecified atom stereocenters. The van der Waals surface area contributed by atoms with E-state index in [1.807, 2.05) is 18.2 Å². The summed E-state index contributed by atoms with van der Waals surface area (Å²) in [5.74, 6) is 0.512. The number of benzene rings is 2. The Hall–Kier alpha value is -1.78. The second kappa shape index (κ2) is 7.41. The minimum atomic E-state index is -0.259. The molecule has 1 heterocycles. The van der Waals surface area contributed by atoms with Crippen LogP contribution in [0.3, 0.4) is 0 Å². The predicted octanol–water partition coefficient (Wildman–Crippen LogP) is 4.27. The zero-order chi connectivity index (χ0) is 17.1. The molecule has 0 bridgehead atoms. The number of aliphatic imine (C=N–C) groups is 1. The molecular weight excluding hydrogens is 348 g/mol. The topological polar surface area (TPSA) is 36.4 Å². The Balaban J connectivity index is 2.00. The van der Waals surface area contributed by atoms with E-state index in [0.717, 1.165) is 30.2 Å². The largest absolute Gasteiger partial charge is 0.355 e. The fourth-order valence-corrected chi connectivity index (χ4v) is 3.19. The van der Waals surface area contributed by atoms with Gasteiger partial charge in [0.05, 0.1) is 16.1 Å². The third-order valence-corrected chi connectivity index (χ3v) is 4.96. The molecule has 0 aliphatic carbocycles. The maximum Gasteiger partial charge on any atom is 0.192 e. The average molecular weight is 366 g/mol. The maximum absolute atomic E-state index is 13.9. The Kier molecular flexibility index (Phi) is 5.27. The standard InChI is InChI=1S/C18H18Cl2FN3/c1-11-12(4-2-7-15(11)21)10-16(24-18-22-8-9-23-18)13-5-3-6-14(19)17(13)20/h2-7,16H,8-10H2,1H3,(H2,22,23,24). The van der Waals surface area contributed by atoms with Crippen molar-refractivity contribution < 1.29 is 4.39 Å². The Morgan fingerprint density at radius 3 is 2.58 bits per heavy atom. The molecule has 126 valence electrons. The first-order chi connectivity index (χ1) is 11.6. The van der Waals surface area contributed by atoms with Crippen molar-refractivity contribution in [2.24, 2.45) is 4.99 Å². The molecular formula is C18H18Cl2FN3. The van der Waals surface area contributed by atoms with Gasteiger partial charge in [0.25, 0.3) is 0 Å². The zero-order valence-corrected chi connectivity index (χ0v) is 14.8. The molecule has 1 atom stereocenters. The van der Waals surface area contributed by atoms with Crippen molar-refractivity contribution in [2.45, 2.75) is 19.4 Å². The number of hydrogen-bond donors (Lipinski definition) is 2. The maximum atomic E-state index is 13.9. The predicted molar refractivity (Wildman–Crippen MR) is 97.5 cm³/mol. The van der Waals surface area contributed by atoms with Crippen LogP contribution in [-0.2, 0) is 6.42 Å². The molecule has 1 saturated heterocycles. The van der Waals surface area contributed by atoms with Crippen LogP contribution in [0.4, 0.5) is 4.39 Å². The molecule has 2 aromatic carbocycles. The van der Waals surface area contributed by atoms with Gasteiger partial charge in [-0.25, -0.2) is 9.38 Å². The second-order valence-electron chi connectivity index (χ2n) is 5.72. The summed E-state index contributed by atoms with van der Waals surface area (Å²) >= 11 is 12.6. The van der Waals surface area contributed by atoms with Crippen LogP contribution in [-0.4, -0.2) is 19.0 Å². The minimum absolute atomic E-state index is 0.215. The van der Waals surface area contributed by atoms with E-state index < -0.39 is 0 Å². The van der Waals surface area contributed by atoms with E-state index in [4.69, 9.17) is 28.2 Å². The van der Waals surface area contributed by atoms with Gasteiger partial charge in [-0.2, -0.15) is 0 Å². The molecule has 24 heavy (non-hydrogen) atoms. The van der Waals surface area contributed by atoms with E-state index in [1.165, 1.54) is 6.07 Å². The number of nitrogens with one attached hydrogen (secondary N) is 2. The van der Waals surface area contributed by atoms with Crippen molar-refractivity contribution in [1.82, 2.24) is 10.6 Å². The van der Waals surface area contributed by atoms with Crippen LogP contribution in [0.25, 0.3) is 0 Å². The van der Waals surface area contributed by atoms with E-state index >= 15 is 0 Å². The van der Waals surface area contributed by atoms with Crippen LogP contribution in [0.2, 0.25) is 10.0 Å². The smallest absolute Gasteiger partial charge is 0.192 e. The molecule has 3 nitrogen and oxygen atoms in total. The third kappa shape index (κ3) is 3.65. The molecule has 6 heteroatoms. The number of halogens is 3. The molecule has 1 aliphatic heterocycles. The molecule has 0 radical (unpaired) electrons. The van der Waals surface area contributed by atoms with E-state index in [0.29, 0.717) is 22.0 Å². The van der Waals surface area contributed by atoms with Crippen molar-refractivity contribution in [3.63, 3.8) is 0 Å². The normalized spacial score (nSPS) is 14.9. The summed E-state index contributed by atoms with van der Waals surface area (Å²) in [6.07, 6.45) is 0.538. The number of hydrogen-bond acceptors (Lipinski definition) is 1. The Bertz CT molecular complexity index is 769. The minimum Gasteiger partial charge on any atom is -0.355 e. The third-order valence-electron chi connectivity index (χ3n) is 4.13. The van der Waals surface area contributed by atoms with Gasteiger partial charge >= 0.3 is 0 Å². The molecule has 2 aromatic rings. The fraction of sp³-hybridized carbons (Fsp3) is 0.278. The van der Waals surface area contributed by atoms with Crippen molar-refractivity contribution in [2.75, 3.05) is 13.1 Å². The lowest BCUT2D eigenvalue weighted by Gasteiger charge is -2.18. The number of rotatable bonds is 4. The van der Waals surface area contributed by atoms with E-state index in [9.17, 15) is 4.39 Å². The summed E-state index contributed by atoms with van der Waals surface area (Å²) in [7, 11) is 0. The summed E-state index contributed by atoms with van der Waals surface area (Å²) in [4.78, 5) is 4.74. The summed E-state index contributed by atoms with van der Waals surface area (Å²) in [6, 6.07) is 10.3. The van der Waals surface area contributed by atoms with Crippen molar-refractivity contribution >= 4 is 29.2 Å². The second-order valence-corrected chi connectivity index (χ2v) is 6.50. The SMILES string of the molecule is Cc1c(F)cccc1CC(N=C1NCCN1)c1cccc(Cl)c1Cl. The Labute approximate surface area is 150 Å². The van der Waals surface area contributed by atoms with Gasteiger partial charge in [-0.3, -0.25) is 0 Å². The monoisotopic (exact) mass is 365 g/mol. The highest BCUT2D eigenvalue weighted by atomic mass is 35.5. The quantitative estimate of drug-likeness (QED) is 0.848. The summed E-state index contributed by atoms with van der Waals surface area (Å²) in [6.45, 7) is 3.43. The molecule has 0 saturated carbocycles. The first kappa shape index (κ1) is 17.1. The summed E-state index contributed by atoms with van der Waals surface area (Å²) in [5, 5.41) is 7.36. The molecule has 1 aliphatic rings. The van der Waals surface area contributed by atoms with Gasteiger partial charge in [0.1, 0.15) is 5.82 Å². The lowest BCUT2D eigenvalue weighted by atomic mass is 9.96. The highest BCUT2D eigenvalue weighted by Gasteiger charge is 2.20. The molecule has 0 spiro atoms. The van der Waals surface area contributed by atoms with Gasteiger partial charge in [0.2, 0.25) is 0 Å². The van der Waals surface area contributed by atoms with Gasteiger partial charge in [0.15, 0.2) is 5.96 Å². The van der Waals surface area contributed by atoms with Crippen LogP contribution in [0.15, 0.2) is 41.4 Å². The fourth-order valence-electron chi connectivity index (χ4n) is 2.76. The number of nitrogens with zero attached hydrogens (tertiary/aromatic N) is 1. The van der Waals surface area contributed by atoms with Crippen LogP contribution < -0.4 is 10.6 Å².